The summed E-state index contributed by atoms with van der Waals surface area (Å²) in [6.07, 6.45) is 2.51. The lowest BCUT2D eigenvalue weighted by Crippen LogP contribution is -2.62. The summed E-state index contributed by atoms with van der Waals surface area (Å²) in [5.74, 6) is -4.16. The van der Waals surface area contributed by atoms with E-state index in [0.717, 1.165) is 39.0 Å². The Kier molecular flexibility index (Phi) is 16.6. The first kappa shape index (κ1) is 45.2. The summed E-state index contributed by atoms with van der Waals surface area (Å²) >= 11 is 0. The van der Waals surface area contributed by atoms with Crippen molar-refractivity contribution in [3.63, 3.8) is 0 Å². The van der Waals surface area contributed by atoms with Gasteiger partial charge in [0.2, 0.25) is 29.4 Å². The SMILES string of the molecule is CCCC(NC(=O)[C@@H]1CC2CCCCC2N1C(=O)[C@@H](NC(=O)[C@H](C)NC(=O)C(CNC(=O)OC)NC(=O)OC)C(C)(C)C)C(=O)C(=O)N[C@@H](C)c1ccccc1. The number of ether oxygens (including phenoxy) is 2. The van der Waals surface area contributed by atoms with E-state index in [0.29, 0.717) is 19.3 Å². The van der Waals surface area contributed by atoms with Crippen LogP contribution in [0.5, 0.6) is 0 Å². The van der Waals surface area contributed by atoms with Crippen LogP contribution in [0.4, 0.5) is 9.59 Å². The van der Waals surface area contributed by atoms with Crippen molar-refractivity contribution in [2.24, 2.45) is 11.3 Å². The number of ketones is 1. The summed E-state index contributed by atoms with van der Waals surface area (Å²) in [5.41, 5.74) is -0.0461. The number of hydrogen-bond donors (Lipinski definition) is 6. The first-order valence-corrected chi connectivity index (χ1v) is 19.2. The average Bonchev–Trinajstić information content (AvgIpc) is 3.57. The number of hydrogen-bond acceptors (Lipinski definition) is 10. The average molecular weight is 786 g/mol. The van der Waals surface area contributed by atoms with Gasteiger partial charge in [0.1, 0.15) is 24.2 Å². The van der Waals surface area contributed by atoms with E-state index in [-0.39, 0.29) is 24.9 Å². The highest BCUT2D eigenvalue weighted by Crippen LogP contribution is 2.41. The van der Waals surface area contributed by atoms with Crippen LogP contribution in [0.1, 0.15) is 98.1 Å². The maximum Gasteiger partial charge on any atom is 0.407 e. The maximum atomic E-state index is 14.7. The summed E-state index contributed by atoms with van der Waals surface area (Å²) in [7, 11) is 2.22. The van der Waals surface area contributed by atoms with Crippen LogP contribution in [0.15, 0.2) is 30.3 Å². The molecule has 1 saturated heterocycles. The van der Waals surface area contributed by atoms with Gasteiger partial charge in [-0.15, -0.1) is 0 Å². The van der Waals surface area contributed by atoms with Gasteiger partial charge in [0.05, 0.1) is 32.8 Å². The van der Waals surface area contributed by atoms with Gasteiger partial charge in [-0.25, -0.2) is 9.59 Å². The van der Waals surface area contributed by atoms with E-state index in [9.17, 15) is 38.4 Å². The Balaban J connectivity index is 1.81. The predicted molar refractivity (Wildman–Crippen MR) is 205 cm³/mol. The van der Waals surface area contributed by atoms with Crippen molar-refractivity contribution in [3.05, 3.63) is 35.9 Å². The van der Waals surface area contributed by atoms with Gasteiger partial charge in [0.25, 0.3) is 5.91 Å². The van der Waals surface area contributed by atoms with Crippen LogP contribution in [-0.2, 0) is 38.2 Å². The van der Waals surface area contributed by atoms with Crippen molar-refractivity contribution in [2.45, 2.75) is 129 Å². The molecular formula is C39H59N7O10. The molecule has 56 heavy (non-hydrogen) atoms. The topological polar surface area (TPSA) is 230 Å². The molecule has 1 heterocycles. The molecule has 17 nitrogen and oxygen atoms in total. The number of nitrogens with zero attached hydrogens (tertiary/aromatic N) is 1. The molecule has 17 heteroatoms. The molecule has 2 fully saturated rings. The van der Waals surface area contributed by atoms with Gasteiger partial charge in [-0.3, -0.25) is 28.8 Å². The Morgan fingerprint density at radius 3 is 2.05 bits per heavy atom. The van der Waals surface area contributed by atoms with Crippen LogP contribution < -0.4 is 31.9 Å². The van der Waals surface area contributed by atoms with Gasteiger partial charge in [-0.2, -0.15) is 0 Å². The van der Waals surface area contributed by atoms with Crippen LogP contribution in [0.25, 0.3) is 0 Å². The van der Waals surface area contributed by atoms with Crippen molar-refractivity contribution in [1.29, 1.82) is 0 Å². The minimum absolute atomic E-state index is 0.0196. The monoisotopic (exact) mass is 785 g/mol. The number of fused-ring (bicyclic) bond motifs is 1. The molecule has 3 rings (SSSR count). The highest BCUT2D eigenvalue weighted by Gasteiger charge is 2.51. The highest BCUT2D eigenvalue weighted by molar-refractivity contribution is 6.38. The van der Waals surface area contributed by atoms with Crippen molar-refractivity contribution >= 4 is 47.5 Å². The summed E-state index contributed by atoms with van der Waals surface area (Å²) in [4.78, 5) is 107. The number of amides is 7. The van der Waals surface area contributed by atoms with Crippen molar-refractivity contribution in [3.8, 4) is 0 Å². The Hall–Kier alpha value is -5.22. The van der Waals surface area contributed by atoms with Gasteiger partial charge in [0, 0.05) is 6.04 Å². The Labute approximate surface area is 328 Å². The lowest BCUT2D eigenvalue weighted by Gasteiger charge is -2.40. The van der Waals surface area contributed by atoms with E-state index >= 15 is 0 Å². The fraction of sp³-hybridized carbons (Fsp3) is 0.641. The second-order valence-electron chi connectivity index (χ2n) is 15.5. The molecule has 7 amide bonds. The van der Waals surface area contributed by atoms with Gasteiger partial charge >= 0.3 is 12.2 Å². The first-order valence-electron chi connectivity index (χ1n) is 19.2. The minimum Gasteiger partial charge on any atom is -0.453 e. The molecule has 8 atom stereocenters. The number of rotatable bonds is 16. The van der Waals surface area contributed by atoms with Gasteiger partial charge < -0.3 is 46.3 Å². The molecule has 6 N–H and O–H groups in total. The lowest BCUT2D eigenvalue weighted by molar-refractivity contribution is -0.147. The van der Waals surface area contributed by atoms with Crippen LogP contribution in [-0.4, -0.2) is 109 Å². The van der Waals surface area contributed by atoms with Crippen molar-refractivity contribution in [2.75, 3.05) is 20.8 Å². The van der Waals surface area contributed by atoms with Gasteiger partial charge in [0.15, 0.2) is 0 Å². The third-order valence-corrected chi connectivity index (χ3v) is 10.3. The second kappa shape index (κ2) is 20.6. The molecule has 2 aliphatic rings. The lowest BCUT2D eigenvalue weighted by atomic mass is 9.83. The zero-order valence-corrected chi connectivity index (χ0v) is 33.7. The zero-order chi connectivity index (χ0) is 41.7. The highest BCUT2D eigenvalue weighted by atomic mass is 16.5. The summed E-state index contributed by atoms with van der Waals surface area (Å²) in [6.45, 7) is 9.92. The van der Waals surface area contributed by atoms with Crippen LogP contribution >= 0.6 is 0 Å². The molecule has 310 valence electrons. The molecule has 1 aliphatic carbocycles. The van der Waals surface area contributed by atoms with Crippen LogP contribution in [0.2, 0.25) is 0 Å². The number of alkyl carbamates (subject to hydrolysis) is 2. The van der Waals surface area contributed by atoms with Crippen LogP contribution in [0, 0.1) is 11.3 Å². The second-order valence-corrected chi connectivity index (χ2v) is 15.5. The smallest absolute Gasteiger partial charge is 0.407 e. The quantitative estimate of drug-likeness (QED) is 0.134. The van der Waals surface area contributed by atoms with E-state index in [1.54, 1.807) is 32.6 Å². The Morgan fingerprint density at radius 1 is 0.804 bits per heavy atom. The number of carbonyl (C=O) groups excluding carboxylic acids is 8. The molecule has 0 radical (unpaired) electrons. The van der Waals surface area contributed by atoms with Gasteiger partial charge in [-0.05, 0) is 56.4 Å². The standard InChI is InChI=1S/C39H59N7O10/c1-9-15-26(30(47)35(51)41-22(2)24-16-11-10-12-17-24)43-34(50)29-20-25-18-13-14-19-28(25)46(29)36(52)31(39(4,5)6)45-32(48)23(3)42-33(49)27(44-38(54)56-8)21-40-37(53)55-7/h10-12,16-17,22-23,25-29,31H,9,13-15,18-21H2,1-8H3,(H,40,53)(H,41,51)(H,42,49)(H,43,50)(H,44,54)(H,45,48)/t22-,23-,25?,26?,27?,28?,29-,31+/m0/s1. The summed E-state index contributed by atoms with van der Waals surface area (Å²) < 4.78 is 9.09. The fourth-order valence-corrected chi connectivity index (χ4v) is 7.20. The van der Waals surface area contributed by atoms with E-state index in [4.69, 9.17) is 0 Å². The molecular weight excluding hydrogens is 726 g/mol. The largest absolute Gasteiger partial charge is 0.453 e. The number of carbonyl (C=O) groups is 8. The summed E-state index contributed by atoms with van der Waals surface area (Å²) in [6, 6.07) is 2.69. The van der Waals surface area contributed by atoms with Crippen LogP contribution in [0.3, 0.4) is 0 Å². The molecule has 0 spiro atoms. The zero-order valence-electron chi connectivity index (χ0n) is 33.7. The summed E-state index contributed by atoms with van der Waals surface area (Å²) in [5, 5.41) is 15.4. The first-order chi connectivity index (χ1) is 26.4. The molecule has 1 aromatic carbocycles. The molecule has 0 aromatic heterocycles. The normalized spacial score (nSPS) is 20.4. The van der Waals surface area contributed by atoms with Crippen molar-refractivity contribution < 1.29 is 47.8 Å². The maximum absolute atomic E-state index is 14.7. The van der Waals surface area contributed by atoms with E-state index < -0.39 is 89.2 Å². The number of methoxy groups -OCH3 is 2. The van der Waals surface area contributed by atoms with E-state index in [2.05, 4.69) is 41.4 Å². The third-order valence-electron chi connectivity index (χ3n) is 10.3. The van der Waals surface area contributed by atoms with Crippen molar-refractivity contribution in [1.82, 2.24) is 36.8 Å². The molecule has 4 unspecified atom stereocenters. The molecule has 0 bridgehead atoms. The molecule has 1 aliphatic heterocycles. The van der Waals surface area contributed by atoms with E-state index in [1.165, 1.54) is 6.92 Å². The number of Topliss-reactive ketones (excluding diaryl/α,β-unsaturated/α-hetero) is 1. The van der Waals surface area contributed by atoms with Gasteiger partial charge in [-0.1, -0.05) is 77.3 Å². The molecule has 1 aromatic rings. The Bertz CT molecular complexity index is 1580. The molecule has 1 saturated carbocycles. The number of benzene rings is 1. The Morgan fingerprint density at radius 2 is 1.45 bits per heavy atom. The third kappa shape index (κ3) is 12.1. The van der Waals surface area contributed by atoms with E-state index in [1.807, 2.05) is 37.3 Å². The fourth-order valence-electron chi connectivity index (χ4n) is 7.20. The number of likely N-dealkylation sites (tertiary alicyclic amines) is 1. The predicted octanol–water partition coefficient (Wildman–Crippen LogP) is 1.99. The minimum atomic E-state index is -1.34. The number of nitrogens with one attached hydrogen (secondary N) is 6.